The number of benzene rings is 1. The van der Waals surface area contributed by atoms with Crippen molar-refractivity contribution < 1.29 is 19.5 Å². The molecule has 1 aliphatic heterocycles. The molecule has 1 aromatic heterocycles. The second-order valence-electron chi connectivity index (χ2n) is 7.55. The lowest BCUT2D eigenvalue weighted by molar-refractivity contribution is -0.118. The van der Waals surface area contributed by atoms with Gasteiger partial charge in [-0.25, -0.2) is 0 Å². The molecule has 0 radical (unpaired) electrons. The lowest BCUT2D eigenvalue weighted by Gasteiger charge is -2.13. The van der Waals surface area contributed by atoms with Crippen LogP contribution in [0.1, 0.15) is 35.3 Å². The third kappa shape index (κ3) is 5.70. The summed E-state index contributed by atoms with van der Waals surface area (Å²) in [7, 11) is 0. The zero-order chi connectivity index (χ0) is 23.3. The zero-order valence-corrected chi connectivity index (χ0v) is 18.8. The monoisotopic (exact) mass is 458 g/mol. The van der Waals surface area contributed by atoms with Crippen molar-refractivity contribution in [1.82, 2.24) is 9.88 Å². The van der Waals surface area contributed by atoms with Crippen LogP contribution >= 0.6 is 11.8 Å². The molecule has 1 aromatic carbocycles. The van der Waals surface area contributed by atoms with Crippen molar-refractivity contribution in [3.8, 4) is 5.75 Å². The molecule has 9 nitrogen and oxygen atoms in total. The Morgan fingerprint density at radius 2 is 2.00 bits per heavy atom. The molecule has 0 spiro atoms. The number of fused-ring (bicyclic) bond motifs is 1. The molecule has 1 aliphatic rings. The Bertz CT molecular complexity index is 1100. The number of carbonyl (C=O) groups is 3. The van der Waals surface area contributed by atoms with Gasteiger partial charge in [0.05, 0.1) is 11.3 Å². The molecule has 0 unspecified atom stereocenters. The number of amides is 3. The molecule has 2 heterocycles. The molecule has 1 atom stereocenters. The Kier molecular flexibility index (Phi) is 7.57. The van der Waals surface area contributed by atoms with Crippen LogP contribution in [-0.4, -0.2) is 45.4 Å². The fourth-order valence-corrected chi connectivity index (χ4v) is 3.97. The lowest BCUT2D eigenvalue weighted by atomic mass is 10.1. The molecule has 10 heteroatoms. The first-order chi connectivity index (χ1) is 15.3. The highest BCUT2D eigenvalue weighted by Gasteiger charge is 2.27. The van der Waals surface area contributed by atoms with Gasteiger partial charge in [0.1, 0.15) is 11.8 Å². The number of hydrogen-bond donors (Lipinski definition) is 4. The molecule has 3 rings (SSSR count). The van der Waals surface area contributed by atoms with E-state index >= 15 is 0 Å². The lowest BCUT2D eigenvalue weighted by Crippen LogP contribution is -2.41. The number of nitrogens with zero attached hydrogens (tertiary/aromatic N) is 1. The van der Waals surface area contributed by atoms with Gasteiger partial charge in [-0.2, -0.15) is 11.8 Å². The molecular formula is C22H26N4O5S. The van der Waals surface area contributed by atoms with Crippen LogP contribution in [-0.2, 0) is 16.1 Å². The van der Waals surface area contributed by atoms with Crippen LogP contribution in [0.4, 0.5) is 11.4 Å². The highest BCUT2D eigenvalue weighted by atomic mass is 32.2. The van der Waals surface area contributed by atoms with Crippen LogP contribution in [0.3, 0.4) is 0 Å². The standard InChI is InChI=1S/C22H26N4O5S/c1-13-10-15(27)12-20(29)26(13)8-3-4-19(28)23-14-5-6-17-16(11-14)21(30)25-18(7-9-32-2)22(31)24-17/h5-6,10-12,18,27H,3-4,7-9H2,1-2H3,(H,23,28)(H,24,31)(H,25,30)/t18-/m1/s1. The van der Waals surface area contributed by atoms with Gasteiger partial charge >= 0.3 is 0 Å². The summed E-state index contributed by atoms with van der Waals surface area (Å²) >= 11 is 1.60. The number of rotatable bonds is 8. The number of aromatic hydroxyl groups is 1. The van der Waals surface area contributed by atoms with Gasteiger partial charge in [0, 0.05) is 30.4 Å². The topological polar surface area (TPSA) is 130 Å². The Balaban J connectivity index is 1.61. The number of carbonyl (C=O) groups excluding carboxylic acids is 3. The first-order valence-electron chi connectivity index (χ1n) is 10.2. The van der Waals surface area contributed by atoms with Gasteiger partial charge in [-0.15, -0.1) is 0 Å². The Morgan fingerprint density at radius 1 is 1.22 bits per heavy atom. The van der Waals surface area contributed by atoms with E-state index in [9.17, 15) is 24.3 Å². The molecule has 0 bridgehead atoms. The van der Waals surface area contributed by atoms with E-state index in [4.69, 9.17) is 0 Å². The minimum absolute atomic E-state index is 0.0829. The molecule has 0 aliphatic carbocycles. The summed E-state index contributed by atoms with van der Waals surface area (Å²) in [5, 5.41) is 17.7. The van der Waals surface area contributed by atoms with Crippen molar-refractivity contribution in [2.75, 3.05) is 22.6 Å². The molecule has 0 fully saturated rings. The molecule has 3 amide bonds. The van der Waals surface area contributed by atoms with Gasteiger partial charge in [-0.3, -0.25) is 19.2 Å². The average molecular weight is 459 g/mol. The minimum atomic E-state index is -0.604. The summed E-state index contributed by atoms with van der Waals surface area (Å²) in [6.45, 7) is 2.06. The number of aryl methyl sites for hydroxylation is 1. The highest BCUT2D eigenvalue weighted by molar-refractivity contribution is 7.98. The fourth-order valence-electron chi connectivity index (χ4n) is 3.50. The third-order valence-corrected chi connectivity index (χ3v) is 5.79. The fraction of sp³-hybridized carbons (Fsp3) is 0.364. The molecule has 0 saturated carbocycles. The van der Waals surface area contributed by atoms with Gasteiger partial charge in [0.25, 0.3) is 11.5 Å². The number of thioether (sulfide) groups is 1. The molecule has 2 aromatic rings. The molecule has 4 N–H and O–H groups in total. The Labute approximate surface area is 189 Å². The summed E-state index contributed by atoms with van der Waals surface area (Å²) in [6, 6.07) is 6.78. The van der Waals surface area contributed by atoms with E-state index in [2.05, 4.69) is 16.0 Å². The van der Waals surface area contributed by atoms with Crippen molar-refractivity contribution in [2.45, 2.75) is 38.8 Å². The molecule has 0 saturated heterocycles. The van der Waals surface area contributed by atoms with E-state index in [-0.39, 0.29) is 41.0 Å². The maximum atomic E-state index is 12.6. The van der Waals surface area contributed by atoms with E-state index in [1.54, 1.807) is 30.8 Å². The van der Waals surface area contributed by atoms with Gasteiger partial charge in [-0.1, -0.05) is 0 Å². The number of nitrogens with one attached hydrogen (secondary N) is 3. The van der Waals surface area contributed by atoms with Crippen LogP contribution in [0.15, 0.2) is 35.1 Å². The number of anilines is 2. The largest absolute Gasteiger partial charge is 0.508 e. The highest BCUT2D eigenvalue weighted by Crippen LogP contribution is 2.24. The normalized spacial score (nSPS) is 15.4. The summed E-state index contributed by atoms with van der Waals surface area (Å²) in [6.07, 6.45) is 3.06. The first-order valence-corrected chi connectivity index (χ1v) is 11.6. The van der Waals surface area contributed by atoms with Crippen LogP contribution in [0.2, 0.25) is 0 Å². The van der Waals surface area contributed by atoms with Crippen molar-refractivity contribution in [1.29, 1.82) is 0 Å². The van der Waals surface area contributed by atoms with Crippen LogP contribution in [0, 0.1) is 6.92 Å². The number of hydrogen-bond acceptors (Lipinski definition) is 6. The zero-order valence-electron chi connectivity index (χ0n) is 17.9. The second-order valence-corrected chi connectivity index (χ2v) is 8.54. The van der Waals surface area contributed by atoms with Crippen molar-refractivity contribution in [2.24, 2.45) is 0 Å². The average Bonchev–Trinajstić information content (AvgIpc) is 2.84. The van der Waals surface area contributed by atoms with Gasteiger partial charge < -0.3 is 25.6 Å². The quantitative estimate of drug-likeness (QED) is 0.479. The van der Waals surface area contributed by atoms with E-state index in [1.807, 2.05) is 6.26 Å². The number of pyridine rings is 1. The smallest absolute Gasteiger partial charge is 0.254 e. The Hall–Kier alpha value is -3.27. The van der Waals surface area contributed by atoms with Crippen LogP contribution < -0.4 is 21.5 Å². The van der Waals surface area contributed by atoms with Gasteiger partial charge in [0.15, 0.2) is 0 Å². The van der Waals surface area contributed by atoms with E-state index in [0.717, 1.165) is 11.8 Å². The SMILES string of the molecule is CSCC[C@H]1NC(=O)c2cc(NC(=O)CCCn3c(C)cc(O)cc3=O)ccc2NC1=O. The van der Waals surface area contributed by atoms with E-state index in [1.165, 1.54) is 16.7 Å². The first kappa shape index (κ1) is 23.4. The van der Waals surface area contributed by atoms with Crippen LogP contribution in [0.5, 0.6) is 5.75 Å². The van der Waals surface area contributed by atoms with E-state index < -0.39 is 6.04 Å². The van der Waals surface area contributed by atoms with Crippen molar-refractivity contribution in [3.05, 3.63) is 51.9 Å². The molecule has 32 heavy (non-hydrogen) atoms. The molecular weight excluding hydrogens is 432 g/mol. The van der Waals surface area contributed by atoms with E-state index in [0.29, 0.717) is 36.5 Å². The predicted octanol–water partition coefficient (Wildman–Crippen LogP) is 2.08. The summed E-state index contributed by atoms with van der Waals surface area (Å²) in [5.41, 5.74) is 1.43. The Morgan fingerprint density at radius 3 is 2.72 bits per heavy atom. The van der Waals surface area contributed by atoms with Crippen molar-refractivity contribution >= 4 is 40.9 Å². The summed E-state index contributed by atoms with van der Waals surface area (Å²) in [5.74, 6) is -0.234. The van der Waals surface area contributed by atoms with Gasteiger partial charge in [0.2, 0.25) is 11.8 Å². The van der Waals surface area contributed by atoms with Crippen LogP contribution in [0.25, 0.3) is 0 Å². The number of aromatic nitrogens is 1. The summed E-state index contributed by atoms with van der Waals surface area (Å²) < 4.78 is 1.50. The maximum absolute atomic E-state index is 12.6. The predicted molar refractivity (Wildman–Crippen MR) is 124 cm³/mol. The maximum Gasteiger partial charge on any atom is 0.254 e. The third-order valence-electron chi connectivity index (χ3n) is 5.14. The van der Waals surface area contributed by atoms with Gasteiger partial charge in [-0.05, 0) is 56.0 Å². The summed E-state index contributed by atoms with van der Waals surface area (Å²) in [4.78, 5) is 49.3. The molecule has 170 valence electrons. The minimum Gasteiger partial charge on any atom is -0.508 e. The van der Waals surface area contributed by atoms with Crippen molar-refractivity contribution in [3.63, 3.8) is 0 Å². The second kappa shape index (κ2) is 10.4.